The van der Waals surface area contributed by atoms with Crippen LogP contribution in [0.2, 0.25) is 0 Å². The van der Waals surface area contributed by atoms with Gasteiger partial charge in [-0.25, -0.2) is 0 Å². The van der Waals surface area contributed by atoms with Crippen molar-refractivity contribution in [2.75, 3.05) is 13.2 Å². The molecule has 0 saturated heterocycles. The molecule has 0 aliphatic carbocycles. The molecule has 28 heavy (non-hydrogen) atoms. The summed E-state index contributed by atoms with van der Waals surface area (Å²) in [5.41, 5.74) is 2.46. The van der Waals surface area contributed by atoms with E-state index in [9.17, 15) is 0 Å². The number of hydrogen-bond donors (Lipinski definition) is 0. The molecule has 1 aliphatic rings. The molecule has 4 aromatic rings. The lowest BCUT2D eigenvalue weighted by molar-refractivity contribution is 0.171. The topological polar surface area (TPSA) is 61.5 Å². The molecule has 3 heterocycles. The number of hydrogen-bond acceptors (Lipinski definition) is 7. The van der Waals surface area contributed by atoms with Gasteiger partial charge in [-0.05, 0) is 23.3 Å². The van der Waals surface area contributed by atoms with Crippen LogP contribution in [-0.4, -0.2) is 33.0 Å². The standard InChI is InChI=1S/C20H18N4O2S2/c1-2-4-14(5-3-1)12-27-13-18-21-22-20-24(18)23-19(28-20)11-15-6-7-16-17(10-15)26-9-8-25-16/h1-7,10H,8-9,11-13H2. The van der Waals surface area contributed by atoms with Gasteiger partial charge in [-0.15, -0.1) is 22.0 Å². The van der Waals surface area contributed by atoms with Crippen molar-refractivity contribution in [3.8, 4) is 11.5 Å². The monoisotopic (exact) mass is 410 g/mol. The van der Waals surface area contributed by atoms with E-state index in [4.69, 9.17) is 14.6 Å². The van der Waals surface area contributed by atoms with Crippen LogP contribution in [-0.2, 0) is 17.9 Å². The summed E-state index contributed by atoms with van der Waals surface area (Å²) in [5.74, 6) is 4.24. The van der Waals surface area contributed by atoms with Crippen molar-refractivity contribution in [3.63, 3.8) is 0 Å². The van der Waals surface area contributed by atoms with Crippen molar-refractivity contribution in [2.24, 2.45) is 0 Å². The molecular weight excluding hydrogens is 392 g/mol. The fourth-order valence-corrected chi connectivity index (χ4v) is 4.84. The number of thioether (sulfide) groups is 1. The number of benzene rings is 2. The van der Waals surface area contributed by atoms with E-state index in [1.54, 1.807) is 11.3 Å². The van der Waals surface area contributed by atoms with Crippen LogP contribution in [0.4, 0.5) is 0 Å². The first-order valence-electron chi connectivity index (χ1n) is 9.05. The zero-order valence-electron chi connectivity index (χ0n) is 15.1. The Morgan fingerprint density at radius 1 is 0.929 bits per heavy atom. The predicted molar refractivity (Wildman–Crippen MR) is 110 cm³/mol. The van der Waals surface area contributed by atoms with Crippen molar-refractivity contribution < 1.29 is 9.47 Å². The molecule has 8 heteroatoms. The Kier molecular flexibility index (Phi) is 4.88. The van der Waals surface area contributed by atoms with Crippen LogP contribution in [0.15, 0.2) is 48.5 Å². The molecule has 0 N–H and O–H groups in total. The molecule has 0 radical (unpaired) electrons. The highest BCUT2D eigenvalue weighted by molar-refractivity contribution is 7.97. The van der Waals surface area contributed by atoms with Crippen LogP contribution >= 0.6 is 23.1 Å². The van der Waals surface area contributed by atoms with Crippen molar-refractivity contribution in [1.29, 1.82) is 0 Å². The SMILES string of the molecule is c1ccc(CSCc2nnc3sc(Cc4ccc5c(c4)OCCO5)nn23)cc1. The molecule has 6 nitrogen and oxygen atoms in total. The van der Waals surface area contributed by atoms with Crippen molar-refractivity contribution >= 4 is 28.1 Å². The number of fused-ring (bicyclic) bond motifs is 2. The molecule has 0 amide bonds. The predicted octanol–water partition coefficient (Wildman–Crippen LogP) is 3.98. The van der Waals surface area contributed by atoms with Crippen molar-refractivity contribution in [1.82, 2.24) is 19.8 Å². The zero-order valence-corrected chi connectivity index (χ0v) is 16.7. The third kappa shape index (κ3) is 3.70. The summed E-state index contributed by atoms with van der Waals surface area (Å²) in [6.45, 7) is 1.20. The third-order valence-electron chi connectivity index (χ3n) is 4.40. The van der Waals surface area contributed by atoms with Crippen LogP contribution in [0.1, 0.15) is 22.0 Å². The number of aromatic nitrogens is 4. The van der Waals surface area contributed by atoms with Gasteiger partial charge in [0.25, 0.3) is 0 Å². The minimum absolute atomic E-state index is 0.594. The van der Waals surface area contributed by atoms with Crippen LogP contribution in [0.25, 0.3) is 4.96 Å². The molecule has 5 rings (SSSR count). The molecule has 0 atom stereocenters. The normalized spacial score (nSPS) is 13.1. The first kappa shape index (κ1) is 17.5. The number of rotatable bonds is 6. The van der Waals surface area contributed by atoms with Gasteiger partial charge in [-0.1, -0.05) is 47.7 Å². The Morgan fingerprint density at radius 2 is 1.79 bits per heavy atom. The quantitative estimate of drug-likeness (QED) is 0.479. The summed E-state index contributed by atoms with van der Waals surface area (Å²) in [5, 5.41) is 14.3. The van der Waals surface area contributed by atoms with Gasteiger partial charge in [-0.3, -0.25) is 0 Å². The molecule has 0 fully saturated rings. The lowest BCUT2D eigenvalue weighted by Gasteiger charge is -2.18. The van der Waals surface area contributed by atoms with Gasteiger partial charge in [0.15, 0.2) is 17.3 Å². The van der Waals surface area contributed by atoms with E-state index in [1.165, 1.54) is 5.56 Å². The van der Waals surface area contributed by atoms with Crippen LogP contribution in [0.5, 0.6) is 11.5 Å². The average Bonchev–Trinajstić information content (AvgIpc) is 3.30. The van der Waals surface area contributed by atoms with Gasteiger partial charge >= 0.3 is 0 Å². The lowest BCUT2D eigenvalue weighted by Crippen LogP contribution is -2.15. The van der Waals surface area contributed by atoms with E-state index < -0.39 is 0 Å². The maximum Gasteiger partial charge on any atom is 0.234 e. The second-order valence-corrected chi connectivity index (χ2v) is 8.47. The largest absolute Gasteiger partial charge is 0.486 e. The second-order valence-electron chi connectivity index (χ2n) is 6.44. The molecule has 142 valence electrons. The van der Waals surface area contributed by atoms with E-state index in [2.05, 4.69) is 40.5 Å². The molecule has 1 aliphatic heterocycles. The molecule has 2 aromatic carbocycles. The minimum Gasteiger partial charge on any atom is -0.486 e. The minimum atomic E-state index is 0.594. The van der Waals surface area contributed by atoms with Crippen LogP contribution in [0.3, 0.4) is 0 Å². The fourth-order valence-electron chi connectivity index (χ4n) is 3.07. The summed E-state index contributed by atoms with van der Waals surface area (Å²) >= 11 is 3.40. The van der Waals surface area contributed by atoms with Gasteiger partial charge in [0.1, 0.15) is 18.2 Å². The smallest absolute Gasteiger partial charge is 0.234 e. The molecule has 0 saturated carbocycles. The van der Waals surface area contributed by atoms with E-state index in [1.807, 2.05) is 34.5 Å². The van der Waals surface area contributed by atoms with Crippen molar-refractivity contribution in [2.45, 2.75) is 17.9 Å². The van der Waals surface area contributed by atoms with Crippen LogP contribution in [0, 0.1) is 0 Å². The Morgan fingerprint density at radius 3 is 2.68 bits per heavy atom. The molecule has 0 unspecified atom stereocenters. The summed E-state index contributed by atoms with van der Waals surface area (Å²) in [7, 11) is 0. The van der Waals surface area contributed by atoms with Gasteiger partial charge in [0.2, 0.25) is 4.96 Å². The Labute approximate surface area is 170 Å². The summed E-state index contributed by atoms with van der Waals surface area (Å²) in [6, 6.07) is 16.5. The average molecular weight is 411 g/mol. The second kappa shape index (κ2) is 7.81. The highest BCUT2D eigenvalue weighted by Crippen LogP contribution is 2.32. The summed E-state index contributed by atoms with van der Waals surface area (Å²) < 4.78 is 13.1. The van der Waals surface area contributed by atoms with E-state index in [0.717, 1.165) is 50.8 Å². The van der Waals surface area contributed by atoms with Gasteiger partial charge in [0, 0.05) is 12.2 Å². The molecular formula is C20H18N4O2S2. The first-order valence-corrected chi connectivity index (χ1v) is 11.0. The van der Waals surface area contributed by atoms with Crippen LogP contribution < -0.4 is 9.47 Å². The van der Waals surface area contributed by atoms with E-state index in [-0.39, 0.29) is 0 Å². The number of nitrogens with zero attached hydrogens (tertiary/aromatic N) is 4. The number of ether oxygens (including phenoxy) is 2. The van der Waals surface area contributed by atoms with Gasteiger partial charge < -0.3 is 9.47 Å². The lowest BCUT2D eigenvalue weighted by atomic mass is 10.1. The summed E-state index contributed by atoms with van der Waals surface area (Å²) in [4.78, 5) is 0.836. The Balaban J connectivity index is 1.28. The highest BCUT2D eigenvalue weighted by Gasteiger charge is 2.15. The summed E-state index contributed by atoms with van der Waals surface area (Å²) in [6.07, 6.45) is 0.737. The van der Waals surface area contributed by atoms with E-state index in [0.29, 0.717) is 13.2 Å². The Bertz CT molecular complexity index is 1090. The molecule has 2 aromatic heterocycles. The maximum atomic E-state index is 5.67. The first-order chi connectivity index (χ1) is 13.8. The van der Waals surface area contributed by atoms with E-state index >= 15 is 0 Å². The molecule has 0 spiro atoms. The maximum absolute atomic E-state index is 5.67. The fraction of sp³-hybridized carbons (Fsp3) is 0.250. The van der Waals surface area contributed by atoms with Gasteiger partial charge in [-0.2, -0.15) is 9.61 Å². The van der Waals surface area contributed by atoms with Crippen molar-refractivity contribution in [3.05, 3.63) is 70.5 Å². The highest BCUT2D eigenvalue weighted by atomic mass is 32.2. The van der Waals surface area contributed by atoms with Gasteiger partial charge in [0.05, 0.1) is 5.75 Å². The third-order valence-corrected chi connectivity index (χ3v) is 6.30. The molecule has 0 bridgehead atoms. The Hall–Kier alpha value is -2.58. The zero-order chi connectivity index (χ0) is 18.8.